The Bertz CT molecular complexity index is 383. The molecule has 0 aromatic heterocycles. The summed E-state index contributed by atoms with van der Waals surface area (Å²) in [5.74, 6) is 0.636. The number of ether oxygens (including phenoxy) is 2. The third kappa shape index (κ3) is 4.85. The number of nitrogens with one attached hydrogen (secondary N) is 2. The average molecular weight is 298 g/mol. The van der Waals surface area contributed by atoms with Crippen LogP contribution in [0.2, 0.25) is 0 Å². The molecule has 21 heavy (non-hydrogen) atoms. The molecule has 2 aliphatic rings. The molecule has 1 heterocycles. The van der Waals surface area contributed by atoms with E-state index in [1.165, 1.54) is 12.8 Å². The lowest BCUT2D eigenvalue weighted by atomic mass is 9.86. The molecule has 1 atom stereocenters. The van der Waals surface area contributed by atoms with Gasteiger partial charge in [0.15, 0.2) is 0 Å². The predicted octanol–water partition coefficient (Wildman–Crippen LogP) is 2.31. The molecule has 2 fully saturated rings. The number of carbonyl (C=O) groups is 1. The lowest BCUT2D eigenvalue weighted by Crippen LogP contribution is -2.58. The van der Waals surface area contributed by atoms with Crippen LogP contribution in [0.3, 0.4) is 0 Å². The Kier molecular flexibility index (Phi) is 4.54. The number of amides is 1. The quantitative estimate of drug-likeness (QED) is 0.790. The molecular formula is C16H30N2O3. The molecule has 0 aromatic rings. The summed E-state index contributed by atoms with van der Waals surface area (Å²) in [4.78, 5) is 11.8. The zero-order valence-corrected chi connectivity index (χ0v) is 14.0. The monoisotopic (exact) mass is 298 g/mol. The number of hydrogen-bond acceptors (Lipinski definition) is 4. The molecule has 5 heteroatoms. The zero-order chi connectivity index (χ0) is 15.7. The van der Waals surface area contributed by atoms with Gasteiger partial charge in [0, 0.05) is 24.0 Å². The van der Waals surface area contributed by atoms with Gasteiger partial charge in [0.1, 0.15) is 5.60 Å². The molecule has 0 radical (unpaired) electrons. The normalized spacial score (nSPS) is 23.9. The summed E-state index contributed by atoms with van der Waals surface area (Å²) in [6.45, 7) is 13.2. The molecule has 5 nitrogen and oxygen atoms in total. The summed E-state index contributed by atoms with van der Waals surface area (Å²) in [5.41, 5.74) is -0.276. The van der Waals surface area contributed by atoms with Crippen molar-refractivity contribution in [2.24, 2.45) is 11.3 Å². The molecule has 1 unspecified atom stereocenters. The molecule has 1 saturated carbocycles. The van der Waals surface area contributed by atoms with Crippen molar-refractivity contribution in [1.29, 1.82) is 0 Å². The van der Waals surface area contributed by atoms with Gasteiger partial charge in [-0.2, -0.15) is 0 Å². The maximum atomic E-state index is 11.8. The number of alkyl carbamates (subject to hydrolysis) is 1. The first-order chi connectivity index (χ1) is 9.62. The fourth-order valence-electron chi connectivity index (χ4n) is 2.61. The standard InChI is InChI=1S/C16H30N2O3/c1-14(2,3)21-13(19)17-9-16(5,12-6-7-12)18-8-15(4)10-20-11-15/h12,18H,6-11H2,1-5H3,(H,17,19). The lowest BCUT2D eigenvalue weighted by Gasteiger charge is -2.42. The second-order valence-electron chi connectivity index (χ2n) is 8.20. The third-order valence-corrected chi connectivity index (χ3v) is 4.30. The molecule has 0 aromatic carbocycles. The number of rotatable bonds is 6. The minimum Gasteiger partial charge on any atom is -0.444 e. The van der Waals surface area contributed by atoms with Crippen molar-refractivity contribution in [3.8, 4) is 0 Å². The van der Waals surface area contributed by atoms with Crippen molar-refractivity contribution >= 4 is 6.09 Å². The topological polar surface area (TPSA) is 59.6 Å². The molecule has 2 N–H and O–H groups in total. The van der Waals surface area contributed by atoms with E-state index >= 15 is 0 Å². The maximum Gasteiger partial charge on any atom is 0.407 e. The van der Waals surface area contributed by atoms with Crippen LogP contribution in [0.1, 0.15) is 47.5 Å². The van der Waals surface area contributed by atoms with E-state index in [-0.39, 0.29) is 17.0 Å². The second-order valence-corrected chi connectivity index (χ2v) is 8.20. The molecule has 1 amide bonds. The summed E-state index contributed by atoms with van der Waals surface area (Å²) in [6.07, 6.45) is 2.12. The first kappa shape index (κ1) is 16.6. The van der Waals surface area contributed by atoms with Gasteiger partial charge >= 0.3 is 6.09 Å². The van der Waals surface area contributed by atoms with E-state index in [1.807, 2.05) is 20.8 Å². The summed E-state index contributed by atoms with van der Waals surface area (Å²) >= 11 is 0. The summed E-state index contributed by atoms with van der Waals surface area (Å²) < 4.78 is 10.6. The highest BCUT2D eigenvalue weighted by Gasteiger charge is 2.44. The fourth-order valence-corrected chi connectivity index (χ4v) is 2.61. The van der Waals surface area contributed by atoms with Crippen molar-refractivity contribution in [3.63, 3.8) is 0 Å². The Morgan fingerprint density at radius 3 is 2.33 bits per heavy atom. The van der Waals surface area contributed by atoms with Crippen LogP contribution in [0.25, 0.3) is 0 Å². The van der Waals surface area contributed by atoms with E-state index in [0.29, 0.717) is 12.5 Å². The van der Waals surface area contributed by atoms with Gasteiger partial charge < -0.3 is 20.1 Å². The highest BCUT2D eigenvalue weighted by Crippen LogP contribution is 2.40. The first-order valence-electron chi connectivity index (χ1n) is 7.92. The van der Waals surface area contributed by atoms with Gasteiger partial charge in [-0.3, -0.25) is 0 Å². The van der Waals surface area contributed by atoms with E-state index in [1.54, 1.807) is 0 Å². The van der Waals surface area contributed by atoms with E-state index < -0.39 is 5.60 Å². The Hall–Kier alpha value is -0.810. The minimum absolute atomic E-state index is 0.0600. The van der Waals surface area contributed by atoms with Gasteiger partial charge in [0.2, 0.25) is 0 Å². The van der Waals surface area contributed by atoms with Gasteiger partial charge in [-0.15, -0.1) is 0 Å². The van der Waals surface area contributed by atoms with Crippen molar-refractivity contribution < 1.29 is 14.3 Å². The number of hydrogen-bond donors (Lipinski definition) is 2. The Balaban J connectivity index is 1.82. The van der Waals surface area contributed by atoms with E-state index in [4.69, 9.17) is 9.47 Å². The van der Waals surface area contributed by atoms with Crippen molar-refractivity contribution in [2.45, 2.75) is 58.6 Å². The van der Waals surface area contributed by atoms with Gasteiger partial charge in [0.05, 0.1) is 13.2 Å². The molecule has 0 bridgehead atoms. The largest absolute Gasteiger partial charge is 0.444 e. The Morgan fingerprint density at radius 1 is 1.29 bits per heavy atom. The van der Waals surface area contributed by atoms with Gasteiger partial charge in [-0.1, -0.05) is 6.92 Å². The summed E-state index contributed by atoms with van der Waals surface area (Å²) in [7, 11) is 0. The molecule has 1 aliphatic carbocycles. The van der Waals surface area contributed by atoms with Crippen LogP contribution in [0.5, 0.6) is 0 Å². The third-order valence-electron chi connectivity index (χ3n) is 4.30. The zero-order valence-electron chi connectivity index (χ0n) is 14.0. The van der Waals surface area contributed by atoms with Crippen LogP contribution >= 0.6 is 0 Å². The van der Waals surface area contributed by atoms with E-state index in [0.717, 1.165) is 19.8 Å². The van der Waals surface area contributed by atoms with Crippen LogP contribution < -0.4 is 10.6 Å². The fraction of sp³-hybridized carbons (Fsp3) is 0.938. The van der Waals surface area contributed by atoms with Crippen molar-refractivity contribution in [3.05, 3.63) is 0 Å². The Labute approximate surface area is 128 Å². The molecule has 2 rings (SSSR count). The molecule has 1 aliphatic heterocycles. The SMILES string of the molecule is CC1(CNC(C)(CNC(=O)OC(C)(C)C)C2CC2)COC1. The van der Waals surface area contributed by atoms with Gasteiger partial charge in [-0.05, 0) is 46.5 Å². The highest BCUT2D eigenvalue weighted by molar-refractivity contribution is 5.67. The van der Waals surface area contributed by atoms with Gasteiger partial charge in [0.25, 0.3) is 0 Å². The van der Waals surface area contributed by atoms with Crippen LogP contribution in [0.15, 0.2) is 0 Å². The Morgan fingerprint density at radius 2 is 1.90 bits per heavy atom. The minimum atomic E-state index is -0.454. The van der Waals surface area contributed by atoms with Crippen molar-refractivity contribution in [2.75, 3.05) is 26.3 Å². The lowest BCUT2D eigenvalue weighted by molar-refractivity contribution is -0.102. The first-order valence-corrected chi connectivity index (χ1v) is 7.92. The number of carbonyl (C=O) groups excluding carboxylic acids is 1. The molecular weight excluding hydrogens is 268 g/mol. The predicted molar refractivity (Wildman–Crippen MR) is 82.3 cm³/mol. The summed E-state index contributed by atoms with van der Waals surface area (Å²) in [6, 6.07) is 0. The summed E-state index contributed by atoms with van der Waals surface area (Å²) in [5, 5.41) is 6.59. The van der Waals surface area contributed by atoms with Gasteiger partial charge in [-0.25, -0.2) is 4.79 Å². The van der Waals surface area contributed by atoms with Crippen LogP contribution in [-0.2, 0) is 9.47 Å². The van der Waals surface area contributed by atoms with Crippen molar-refractivity contribution in [1.82, 2.24) is 10.6 Å². The molecule has 122 valence electrons. The second kappa shape index (κ2) is 5.76. The highest BCUT2D eigenvalue weighted by atomic mass is 16.6. The van der Waals surface area contributed by atoms with Crippen LogP contribution in [0.4, 0.5) is 4.79 Å². The van der Waals surface area contributed by atoms with Crippen LogP contribution in [-0.4, -0.2) is 43.5 Å². The maximum absolute atomic E-state index is 11.8. The van der Waals surface area contributed by atoms with Crippen LogP contribution in [0, 0.1) is 11.3 Å². The average Bonchev–Trinajstić information content (AvgIpc) is 3.14. The molecule has 1 saturated heterocycles. The molecule has 0 spiro atoms. The van der Waals surface area contributed by atoms with E-state index in [2.05, 4.69) is 24.5 Å². The smallest absolute Gasteiger partial charge is 0.407 e. The van der Waals surface area contributed by atoms with E-state index in [9.17, 15) is 4.79 Å².